The molecular formula is C38H41F3N4O2. The molecule has 3 aliphatic rings. The number of morpholine rings is 1. The smallest absolute Gasteiger partial charge is 0.379 e. The van der Waals surface area contributed by atoms with Crippen LogP contribution in [0.4, 0.5) is 13.2 Å². The average Bonchev–Trinajstić information content (AvgIpc) is 3.88. The maximum absolute atomic E-state index is 14.7. The number of likely N-dealkylation sites (tertiary alicyclic amines) is 1. The van der Waals surface area contributed by atoms with Crippen LogP contribution in [0.25, 0.3) is 22.2 Å². The average molecular weight is 643 g/mol. The number of pyridine rings is 1. The van der Waals surface area contributed by atoms with Gasteiger partial charge in [-0.05, 0) is 68.5 Å². The molecule has 1 aliphatic carbocycles. The third kappa shape index (κ3) is 6.53. The molecule has 4 aromatic rings. The summed E-state index contributed by atoms with van der Waals surface area (Å²) in [6.45, 7) is 7.48. The first-order valence-electron chi connectivity index (χ1n) is 16.8. The molecule has 1 N–H and O–H groups in total. The van der Waals surface area contributed by atoms with E-state index in [1.165, 1.54) is 12.1 Å². The van der Waals surface area contributed by atoms with Gasteiger partial charge in [-0.25, -0.2) is 4.98 Å². The lowest BCUT2D eigenvalue weighted by Crippen LogP contribution is -2.48. The van der Waals surface area contributed by atoms with Crippen molar-refractivity contribution in [3.05, 3.63) is 101 Å². The largest absolute Gasteiger partial charge is 0.416 e. The lowest BCUT2D eigenvalue weighted by Gasteiger charge is -2.40. The Bertz CT molecular complexity index is 1740. The number of amides is 1. The van der Waals surface area contributed by atoms with Gasteiger partial charge in [-0.3, -0.25) is 14.6 Å². The number of carbonyl (C=O) groups is 1. The van der Waals surface area contributed by atoms with Crippen molar-refractivity contribution in [2.45, 2.75) is 63.3 Å². The van der Waals surface area contributed by atoms with E-state index >= 15 is 0 Å². The zero-order valence-electron chi connectivity index (χ0n) is 26.8. The highest BCUT2D eigenvalue weighted by atomic mass is 19.4. The molecule has 1 aromatic heterocycles. The molecule has 0 bridgehead atoms. The number of fused-ring (bicyclic) bond motifs is 1. The van der Waals surface area contributed by atoms with Crippen LogP contribution in [0.15, 0.2) is 72.8 Å². The van der Waals surface area contributed by atoms with Crippen LogP contribution < -0.4 is 5.32 Å². The van der Waals surface area contributed by atoms with Gasteiger partial charge in [0.25, 0.3) is 5.91 Å². The minimum Gasteiger partial charge on any atom is -0.379 e. The fourth-order valence-corrected chi connectivity index (χ4v) is 7.42. The predicted octanol–water partition coefficient (Wildman–Crippen LogP) is 7.20. The Morgan fingerprint density at radius 2 is 1.68 bits per heavy atom. The zero-order chi connectivity index (χ0) is 32.6. The highest BCUT2D eigenvalue weighted by molar-refractivity contribution is 6.10. The van der Waals surface area contributed by atoms with Gasteiger partial charge in [0.15, 0.2) is 0 Å². The molecule has 0 unspecified atom stereocenters. The first kappa shape index (κ1) is 31.8. The number of para-hydroxylation sites is 1. The molecule has 2 saturated heterocycles. The SMILES string of the molecule is CCc1cccc2c(C(=O)NC3(c4ccccc4)CC3)c(CN3CCC(N4CCOCC4)CC3)c(-c3cccc(C(F)(F)F)c3)nc12. The molecule has 3 fully saturated rings. The van der Waals surface area contributed by atoms with Gasteiger partial charge in [-0.2, -0.15) is 13.2 Å². The molecule has 9 heteroatoms. The normalized spacial score (nSPS) is 19.1. The molecule has 7 rings (SSSR count). The van der Waals surface area contributed by atoms with Crippen molar-refractivity contribution in [2.24, 2.45) is 0 Å². The van der Waals surface area contributed by atoms with Crippen molar-refractivity contribution >= 4 is 16.8 Å². The van der Waals surface area contributed by atoms with E-state index < -0.39 is 17.3 Å². The van der Waals surface area contributed by atoms with Gasteiger partial charge >= 0.3 is 6.18 Å². The molecule has 1 saturated carbocycles. The number of carbonyl (C=O) groups excluding carboxylic acids is 1. The quantitative estimate of drug-likeness (QED) is 0.220. The van der Waals surface area contributed by atoms with Crippen molar-refractivity contribution < 1.29 is 22.7 Å². The Hall–Kier alpha value is -3.79. The number of halogens is 3. The molecule has 3 aromatic carbocycles. The van der Waals surface area contributed by atoms with Crippen molar-refractivity contribution in [2.75, 3.05) is 39.4 Å². The van der Waals surface area contributed by atoms with Gasteiger partial charge in [0.2, 0.25) is 0 Å². The Morgan fingerprint density at radius 1 is 0.957 bits per heavy atom. The fraction of sp³-hybridized carbons (Fsp3) is 0.421. The topological polar surface area (TPSA) is 57.7 Å². The second-order valence-electron chi connectivity index (χ2n) is 13.1. The fourth-order valence-electron chi connectivity index (χ4n) is 7.42. The lowest BCUT2D eigenvalue weighted by atomic mass is 9.92. The van der Waals surface area contributed by atoms with Gasteiger partial charge < -0.3 is 10.1 Å². The summed E-state index contributed by atoms with van der Waals surface area (Å²) in [6.07, 6.45) is -0.197. The van der Waals surface area contributed by atoms with Crippen LogP contribution in [0.3, 0.4) is 0 Å². The van der Waals surface area contributed by atoms with E-state index in [1.807, 2.05) is 55.5 Å². The van der Waals surface area contributed by atoms with E-state index in [0.717, 1.165) is 87.7 Å². The third-order valence-corrected chi connectivity index (χ3v) is 10.2. The summed E-state index contributed by atoms with van der Waals surface area (Å²) in [5.74, 6) is -0.210. The molecule has 246 valence electrons. The second kappa shape index (κ2) is 13.0. The van der Waals surface area contributed by atoms with Crippen LogP contribution >= 0.6 is 0 Å². The number of nitrogens with zero attached hydrogens (tertiary/aromatic N) is 3. The summed E-state index contributed by atoms with van der Waals surface area (Å²) in [4.78, 5) is 24.6. The summed E-state index contributed by atoms with van der Waals surface area (Å²) in [5.41, 5.74) is 3.47. The second-order valence-corrected chi connectivity index (χ2v) is 13.1. The molecule has 3 heterocycles. The number of nitrogens with one attached hydrogen (secondary N) is 1. The summed E-state index contributed by atoms with van der Waals surface area (Å²) in [6, 6.07) is 21.7. The van der Waals surface area contributed by atoms with E-state index in [0.29, 0.717) is 46.9 Å². The van der Waals surface area contributed by atoms with Crippen LogP contribution in [0.5, 0.6) is 0 Å². The lowest BCUT2D eigenvalue weighted by molar-refractivity contribution is -0.137. The molecular weight excluding hydrogens is 601 g/mol. The molecule has 6 nitrogen and oxygen atoms in total. The molecule has 0 spiro atoms. The van der Waals surface area contributed by atoms with Gasteiger partial charge in [-0.15, -0.1) is 0 Å². The molecule has 0 atom stereocenters. The molecule has 47 heavy (non-hydrogen) atoms. The maximum Gasteiger partial charge on any atom is 0.416 e. The van der Waals surface area contributed by atoms with Crippen LogP contribution in [0, 0.1) is 0 Å². The number of alkyl halides is 3. The van der Waals surface area contributed by atoms with E-state index in [9.17, 15) is 18.0 Å². The van der Waals surface area contributed by atoms with E-state index in [2.05, 4.69) is 15.1 Å². The number of aryl methyl sites for hydroxylation is 1. The van der Waals surface area contributed by atoms with Crippen molar-refractivity contribution in [1.82, 2.24) is 20.1 Å². The van der Waals surface area contributed by atoms with E-state index in [4.69, 9.17) is 9.72 Å². The Balaban J connectivity index is 1.33. The highest BCUT2D eigenvalue weighted by Gasteiger charge is 2.46. The minimum atomic E-state index is -4.50. The van der Waals surface area contributed by atoms with Crippen LogP contribution in [0.2, 0.25) is 0 Å². The van der Waals surface area contributed by atoms with Crippen molar-refractivity contribution in [3.63, 3.8) is 0 Å². The Kier molecular flexibility index (Phi) is 8.80. The highest BCUT2D eigenvalue weighted by Crippen LogP contribution is 2.46. The molecule has 2 aliphatic heterocycles. The van der Waals surface area contributed by atoms with Crippen LogP contribution in [-0.2, 0) is 29.4 Å². The number of aromatic nitrogens is 1. The third-order valence-electron chi connectivity index (χ3n) is 10.2. The Morgan fingerprint density at radius 3 is 2.36 bits per heavy atom. The molecule has 1 amide bonds. The molecule has 0 radical (unpaired) electrons. The maximum atomic E-state index is 14.7. The van der Waals surface area contributed by atoms with E-state index in [-0.39, 0.29) is 5.91 Å². The standard InChI is InChI=1S/C38H41F3N4O2/c1-2-26-8-7-13-31-33(36(46)43-37(16-17-37)28-10-4-3-5-11-28)32(25-44-18-14-30(15-19-44)45-20-22-47-23-21-45)35(42-34(26)31)27-9-6-12-29(24-27)38(39,40)41/h3-13,24,30H,2,14-23,25H2,1H3,(H,43,46). The van der Waals surface area contributed by atoms with Crippen molar-refractivity contribution in [3.8, 4) is 11.3 Å². The van der Waals surface area contributed by atoms with Gasteiger partial charge in [0, 0.05) is 42.2 Å². The summed E-state index contributed by atoms with van der Waals surface area (Å²) in [7, 11) is 0. The van der Waals surface area contributed by atoms with Crippen LogP contribution in [0.1, 0.15) is 65.2 Å². The first-order valence-corrected chi connectivity index (χ1v) is 16.8. The first-order chi connectivity index (χ1) is 22.8. The number of benzene rings is 3. The van der Waals surface area contributed by atoms with Crippen LogP contribution in [-0.4, -0.2) is 66.1 Å². The number of rotatable bonds is 8. The summed E-state index contributed by atoms with van der Waals surface area (Å²) < 4.78 is 47.5. The zero-order valence-corrected chi connectivity index (χ0v) is 26.8. The van der Waals surface area contributed by atoms with Gasteiger partial charge in [-0.1, -0.05) is 67.6 Å². The van der Waals surface area contributed by atoms with Gasteiger partial charge in [0.05, 0.1) is 41.1 Å². The van der Waals surface area contributed by atoms with Crippen molar-refractivity contribution in [1.29, 1.82) is 0 Å². The number of piperidine rings is 1. The number of ether oxygens (including phenoxy) is 1. The Labute approximate surface area is 273 Å². The summed E-state index contributed by atoms with van der Waals surface area (Å²) in [5, 5.41) is 4.12. The predicted molar refractivity (Wildman–Crippen MR) is 177 cm³/mol. The summed E-state index contributed by atoms with van der Waals surface area (Å²) >= 11 is 0. The number of hydrogen-bond donors (Lipinski definition) is 1. The monoisotopic (exact) mass is 642 g/mol. The van der Waals surface area contributed by atoms with E-state index in [1.54, 1.807) is 6.07 Å². The van der Waals surface area contributed by atoms with Gasteiger partial charge in [0.1, 0.15) is 0 Å². The number of hydrogen-bond acceptors (Lipinski definition) is 5. The minimum absolute atomic E-state index is 0.210.